The lowest BCUT2D eigenvalue weighted by Crippen LogP contribution is -2.14. The van der Waals surface area contributed by atoms with E-state index in [0.29, 0.717) is 22.0 Å². The molecule has 0 heterocycles. The normalized spacial score (nSPS) is 11.0. The Balaban J connectivity index is 2.30. The molecule has 0 atom stereocenters. The zero-order valence-electron chi connectivity index (χ0n) is 13.4. The van der Waals surface area contributed by atoms with Crippen molar-refractivity contribution in [3.8, 4) is 11.8 Å². The molecule has 0 spiro atoms. The number of ether oxygens (including phenoxy) is 1. The number of methoxy groups -OCH3 is 1. The number of amides is 1. The number of benzene rings is 2. The van der Waals surface area contributed by atoms with Crippen molar-refractivity contribution in [1.29, 1.82) is 5.26 Å². The van der Waals surface area contributed by atoms with Crippen LogP contribution in [0.2, 0.25) is 5.02 Å². The van der Waals surface area contributed by atoms with E-state index in [1.807, 2.05) is 25.1 Å². The maximum atomic E-state index is 12.4. The summed E-state index contributed by atoms with van der Waals surface area (Å²) in [6.45, 7) is 1.94. The third-order valence-corrected chi connectivity index (χ3v) is 4.82. The number of rotatable bonds is 4. The van der Waals surface area contributed by atoms with Crippen LogP contribution in [-0.2, 0) is 4.79 Å². The predicted molar refractivity (Wildman–Crippen MR) is 107 cm³/mol. The molecule has 0 aliphatic heterocycles. The van der Waals surface area contributed by atoms with E-state index in [0.717, 1.165) is 14.5 Å². The molecular formula is C18H13Br2ClN2O2. The van der Waals surface area contributed by atoms with E-state index in [9.17, 15) is 10.1 Å². The lowest BCUT2D eigenvalue weighted by molar-refractivity contribution is -0.112. The summed E-state index contributed by atoms with van der Waals surface area (Å²) in [6.07, 6.45) is 1.47. The van der Waals surface area contributed by atoms with Gasteiger partial charge < -0.3 is 10.1 Å². The molecule has 0 aromatic heterocycles. The predicted octanol–water partition coefficient (Wildman–Crippen LogP) is 5.73. The molecule has 0 unspecified atom stereocenters. The second-order valence-electron chi connectivity index (χ2n) is 5.12. The van der Waals surface area contributed by atoms with E-state index >= 15 is 0 Å². The largest absolute Gasteiger partial charge is 0.495 e. The van der Waals surface area contributed by atoms with Gasteiger partial charge >= 0.3 is 0 Å². The Hall–Kier alpha value is -1.81. The molecule has 2 rings (SSSR count). The Labute approximate surface area is 167 Å². The topological polar surface area (TPSA) is 62.1 Å². The van der Waals surface area contributed by atoms with Gasteiger partial charge in [-0.2, -0.15) is 5.26 Å². The van der Waals surface area contributed by atoms with Gasteiger partial charge in [-0.15, -0.1) is 0 Å². The number of carbonyl (C=O) groups is 1. The van der Waals surface area contributed by atoms with Crippen molar-refractivity contribution in [1.82, 2.24) is 0 Å². The molecule has 0 aliphatic carbocycles. The molecule has 2 aromatic rings. The fraction of sp³-hybridized carbons (Fsp3) is 0.111. The van der Waals surface area contributed by atoms with Gasteiger partial charge in [0, 0.05) is 8.95 Å². The fourth-order valence-electron chi connectivity index (χ4n) is 2.09. The van der Waals surface area contributed by atoms with E-state index < -0.39 is 5.91 Å². The summed E-state index contributed by atoms with van der Waals surface area (Å²) < 4.78 is 6.53. The lowest BCUT2D eigenvalue weighted by atomic mass is 10.1. The van der Waals surface area contributed by atoms with Crippen LogP contribution < -0.4 is 10.1 Å². The van der Waals surface area contributed by atoms with Crippen LogP contribution in [0.25, 0.3) is 6.08 Å². The Kier molecular flexibility index (Phi) is 6.65. The molecule has 2 aromatic carbocycles. The Morgan fingerprint density at radius 1 is 1.28 bits per heavy atom. The quantitative estimate of drug-likeness (QED) is 0.446. The minimum absolute atomic E-state index is 0.0411. The summed E-state index contributed by atoms with van der Waals surface area (Å²) in [6, 6.07) is 10.7. The number of halogens is 3. The minimum Gasteiger partial charge on any atom is -0.495 e. The zero-order chi connectivity index (χ0) is 18.6. The average Bonchev–Trinajstić information content (AvgIpc) is 2.55. The van der Waals surface area contributed by atoms with Crippen molar-refractivity contribution in [2.45, 2.75) is 6.92 Å². The summed E-state index contributed by atoms with van der Waals surface area (Å²) in [5.74, 6) is 0.00832. The van der Waals surface area contributed by atoms with Crippen molar-refractivity contribution < 1.29 is 9.53 Å². The third kappa shape index (κ3) is 4.85. The molecule has 4 nitrogen and oxygen atoms in total. The average molecular weight is 485 g/mol. The van der Waals surface area contributed by atoms with Crippen LogP contribution in [0.1, 0.15) is 11.1 Å². The van der Waals surface area contributed by atoms with Crippen LogP contribution in [0.5, 0.6) is 5.75 Å². The zero-order valence-corrected chi connectivity index (χ0v) is 17.3. The van der Waals surface area contributed by atoms with Crippen molar-refractivity contribution in [2.24, 2.45) is 0 Å². The molecule has 0 saturated heterocycles. The summed E-state index contributed by atoms with van der Waals surface area (Å²) >= 11 is 12.9. The summed E-state index contributed by atoms with van der Waals surface area (Å²) in [7, 11) is 1.52. The van der Waals surface area contributed by atoms with Gasteiger partial charge in [-0.1, -0.05) is 17.7 Å². The second kappa shape index (κ2) is 8.52. The highest BCUT2D eigenvalue weighted by Crippen LogP contribution is 2.33. The molecule has 25 heavy (non-hydrogen) atoms. The highest BCUT2D eigenvalue weighted by molar-refractivity contribution is 9.11. The van der Waals surface area contributed by atoms with E-state index in [1.54, 1.807) is 18.2 Å². The van der Waals surface area contributed by atoms with E-state index in [4.69, 9.17) is 16.3 Å². The number of nitrogens with one attached hydrogen (secondary N) is 1. The van der Waals surface area contributed by atoms with E-state index in [1.165, 1.54) is 13.2 Å². The minimum atomic E-state index is -0.514. The SMILES string of the molecule is COc1ccc(/C=C(\C#N)C(=O)Nc2c(Br)cc(C)cc2Br)cc1Cl. The first-order valence-corrected chi connectivity index (χ1v) is 9.04. The number of nitriles is 1. The van der Waals surface area contributed by atoms with Crippen LogP contribution in [0.15, 0.2) is 44.9 Å². The first-order chi connectivity index (χ1) is 11.8. The molecule has 128 valence electrons. The number of anilines is 1. The maximum Gasteiger partial charge on any atom is 0.266 e. The first-order valence-electron chi connectivity index (χ1n) is 7.08. The number of hydrogen-bond acceptors (Lipinski definition) is 3. The van der Waals surface area contributed by atoms with E-state index in [-0.39, 0.29) is 5.57 Å². The van der Waals surface area contributed by atoms with Crippen LogP contribution in [0.3, 0.4) is 0 Å². The van der Waals surface area contributed by atoms with Gasteiger partial charge in [0.2, 0.25) is 0 Å². The molecule has 0 bridgehead atoms. The lowest BCUT2D eigenvalue weighted by Gasteiger charge is -2.10. The maximum absolute atomic E-state index is 12.4. The van der Waals surface area contributed by atoms with Gasteiger partial charge in [0.05, 0.1) is 17.8 Å². The summed E-state index contributed by atoms with van der Waals surface area (Å²) in [4.78, 5) is 12.4. The van der Waals surface area contributed by atoms with Gasteiger partial charge in [0.25, 0.3) is 5.91 Å². The molecular weight excluding hydrogens is 471 g/mol. The van der Waals surface area contributed by atoms with E-state index in [2.05, 4.69) is 37.2 Å². The molecule has 7 heteroatoms. The smallest absolute Gasteiger partial charge is 0.266 e. The standard InChI is InChI=1S/C18H13Br2ClN2O2/c1-10-5-13(19)17(14(20)6-10)23-18(24)12(9-22)7-11-3-4-16(25-2)15(21)8-11/h3-8H,1-2H3,(H,23,24)/b12-7+. The summed E-state index contributed by atoms with van der Waals surface area (Å²) in [5.41, 5.74) is 2.17. The third-order valence-electron chi connectivity index (χ3n) is 3.28. The van der Waals surface area contributed by atoms with Crippen LogP contribution in [0, 0.1) is 18.3 Å². The van der Waals surface area contributed by atoms with Crippen molar-refractivity contribution >= 4 is 61.1 Å². The molecule has 0 fully saturated rings. The second-order valence-corrected chi connectivity index (χ2v) is 7.24. The Morgan fingerprint density at radius 3 is 2.44 bits per heavy atom. The van der Waals surface area contributed by atoms with Crippen molar-refractivity contribution in [2.75, 3.05) is 12.4 Å². The van der Waals surface area contributed by atoms with Gasteiger partial charge in [-0.3, -0.25) is 4.79 Å². The van der Waals surface area contributed by atoms with Crippen LogP contribution >= 0.6 is 43.5 Å². The number of nitrogens with zero attached hydrogens (tertiary/aromatic N) is 1. The first kappa shape index (κ1) is 19.5. The highest BCUT2D eigenvalue weighted by atomic mass is 79.9. The Bertz CT molecular complexity index is 881. The van der Waals surface area contributed by atoms with Crippen LogP contribution in [-0.4, -0.2) is 13.0 Å². The Morgan fingerprint density at radius 2 is 1.92 bits per heavy atom. The highest BCUT2D eigenvalue weighted by Gasteiger charge is 2.14. The van der Waals surface area contributed by atoms with Crippen LogP contribution in [0.4, 0.5) is 5.69 Å². The molecule has 0 radical (unpaired) electrons. The van der Waals surface area contributed by atoms with Gasteiger partial charge in [-0.05, 0) is 80.3 Å². The van der Waals surface area contributed by atoms with Crippen molar-refractivity contribution in [3.63, 3.8) is 0 Å². The molecule has 0 saturated carbocycles. The fourth-order valence-corrected chi connectivity index (χ4v) is 3.97. The number of hydrogen-bond donors (Lipinski definition) is 1. The van der Waals surface area contributed by atoms with Gasteiger partial charge in [0.1, 0.15) is 17.4 Å². The number of carbonyl (C=O) groups excluding carboxylic acids is 1. The number of aryl methyl sites for hydroxylation is 1. The van der Waals surface area contributed by atoms with Gasteiger partial charge in [-0.25, -0.2) is 0 Å². The molecule has 1 N–H and O–H groups in total. The molecule has 1 amide bonds. The van der Waals surface area contributed by atoms with Gasteiger partial charge in [0.15, 0.2) is 0 Å². The summed E-state index contributed by atoms with van der Waals surface area (Å²) in [5, 5.41) is 12.5. The van der Waals surface area contributed by atoms with Crippen molar-refractivity contribution in [3.05, 3.63) is 61.0 Å². The monoisotopic (exact) mass is 482 g/mol. The molecule has 0 aliphatic rings.